The van der Waals surface area contributed by atoms with Crippen molar-refractivity contribution in [1.82, 2.24) is 39.9 Å². The number of halogens is 37. The number of hydrogen-bond donors (Lipinski definition) is 2. The number of ether oxygens (including phenoxy) is 14. The van der Waals surface area contributed by atoms with E-state index in [4.69, 9.17) is 37.9 Å². The monoisotopic (exact) mass is 1910 g/mol. The molecule has 0 radical (unpaired) electrons. The number of benzene rings is 4. The predicted octanol–water partition coefficient (Wildman–Crippen LogP) is 21.3. The molecule has 9 rings (SSSR count). The van der Waals surface area contributed by atoms with Crippen LogP contribution in [0.4, 0.5) is 158 Å². The van der Waals surface area contributed by atoms with Crippen LogP contribution in [0.5, 0.6) is 80.5 Å². The van der Waals surface area contributed by atoms with Gasteiger partial charge in [0.25, 0.3) is 0 Å². The van der Waals surface area contributed by atoms with Crippen molar-refractivity contribution in [2.24, 2.45) is 0 Å². The van der Waals surface area contributed by atoms with E-state index >= 15 is 0 Å². The zero-order valence-corrected chi connectivity index (χ0v) is 61.8. The fraction of sp³-hybridized carbons (Fsp3) is 0.500. The van der Waals surface area contributed by atoms with Gasteiger partial charge in [-0.15, -0.1) is 0 Å². The van der Waals surface area contributed by atoms with E-state index < -0.39 is 341 Å². The molecule has 0 unspecified atom stereocenters. The number of H-pyrrole nitrogens is 2. The fourth-order valence-electron chi connectivity index (χ4n) is 10.7. The highest BCUT2D eigenvalue weighted by atomic mass is 79.9. The molecular weight excluding hydrogens is 1870 g/mol. The molecule has 7 aromatic rings. The molecule has 0 spiro atoms. The summed E-state index contributed by atoms with van der Waals surface area (Å²) in [5.41, 5.74) is -14.9. The van der Waals surface area contributed by atoms with Gasteiger partial charge in [-0.1, -0.05) is 26.7 Å². The first-order valence-electron chi connectivity index (χ1n) is 33.3. The van der Waals surface area contributed by atoms with E-state index in [1.807, 2.05) is 0 Å². The number of fused-ring (bicyclic) bond motifs is 20. The van der Waals surface area contributed by atoms with Gasteiger partial charge in [0.1, 0.15) is 34.1 Å². The van der Waals surface area contributed by atoms with Crippen LogP contribution in [0, 0.1) is 0 Å². The first-order valence-corrected chi connectivity index (χ1v) is 34.1. The molecule has 4 aromatic carbocycles. The van der Waals surface area contributed by atoms with Crippen LogP contribution in [0.3, 0.4) is 0 Å². The Bertz CT molecular complexity index is 5170. The third-order valence-corrected chi connectivity index (χ3v) is 15.4. The SMILES string of the molecule is CCCCOc1cc(Br)c(OCCCC)c2c3nc4nc(nc5[nH]c(nc6nc(nc([nH]3)c12)-c1c(OCC(F)(F)F)c(OCC(F)(F)F)c(OCC(F)(F)F)c(OCC(F)(F)F)c1-6)c1c(OCC(F)(F)F)c(OCC(F)(F)F)c(OCC(F)(F)F)c(OCC(F)(F)F)c51)-c1c(OCC(F)(F)F)c(OCC(F)(F)F)c(OCC(F)(F)F)c(OCC(F)(F)F)c1-4. The number of rotatable bonds is 32. The van der Waals surface area contributed by atoms with Gasteiger partial charge in [-0.2, -0.15) is 158 Å². The van der Waals surface area contributed by atoms with Crippen molar-refractivity contribution in [3.05, 3.63) is 10.5 Å². The Kier molecular flexibility index (Phi) is 27.8. The minimum absolute atomic E-state index is 0.0593. The molecule has 0 saturated carbocycles. The molecular formula is C64H45BrF36N8O14. The van der Waals surface area contributed by atoms with Gasteiger partial charge in [0.05, 0.1) is 61.5 Å². The second kappa shape index (κ2) is 35.6. The van der Waals surface area contributed by atoms with Crippen LogP contribution in [0.25, 0.3) is 89.7 Å². The fourth-order valence-corrected chi connectivity index (χ4v) is 11.2. The average molecular weight is 1910 g/mol. The number of aromatic nitrogens is 8. The van der Waals surface area contributed by atoms with Crippen LogP contribution in [0.2, 0.25) is 0 Å². The van der Waals surface area contributed by atoms with E-state index in [1.54, 1.807) is 4.98 Å². The number of unbranched alkanes of at least 4 members (excludes halogenated alkanes) is 2. The Labute approximate surface area is 665 Å². The first-order chi connectivity index (χ1) is 56.3. The Morgan fingerprint density at radius 2 is 0.423 bits per heavy atom. The Morgan fingerprint density at radius 1 is 0.236 bits per heavy atom. The Balaban J connectivity index is 1.80. The number of nitrogens with zero attached hydrogens (tertiary/aromatic N) is 6. The summed E-state index contributed by atoms with van der Waals surface area (Å²) < 4.78 is 597. The summed E-state index contributed by atoms with van der Waals surface area (Å²) in [4.78, 5) is 27.8. The lowest BCUT2D eigenvalue weighted by atomic mass is 10.0. The summed E-state index contributed by atoms with van der Waals surface area (Å²) in [7, 11) is 0. The van der Waals surface area contributed by atoms with E-state index in [1.165, 1.54) is 13.8 Å². The van der Waals surface area contributed by atoms with Gasteiger partial charge in [0.15, 0.2) is 137 Å². The summed E-state index contributed by atoms with van der Waals surface area (Å²) in [5.74, 6) is -38.5. The molecule has 684 valence electrons. The molecule has 8 bridgehead atoms. The van der Waals surface area contributed by atoms with Gasteiger partial charge in [0.2, 0.25) is 34.5 Å². The molecule has 3 aromatic heterocycles. The Hall–Kier alpha value is -10.6. The second-order valence-corrected chi connectivity index (χ2v) is 25.8. The molecule has 5 heterocycles. The van der Waals surface area contributed by atoms with Gasteiger partial charge in [-0.25, -0.2) is 29.9 Å². The van der Waals surface area contributed by atoms with Crippen LogP contribution in [-0.4, -0.2) is 206 Å². The number of alkyl halides is 36. The summed E-state index contributed by atoms with van der Waals surface area (Å²) in [6.45, 7) is -35.2. The molecule has 0 aliphatic carbocycles. The van der Waals surface area contributed by atoms with Crippen molar-refractivity contribution in [3.8, 4) is 126 Å². The highest BCUT2D eigenvalue weighted by Crippen LogP contribution is 2.63. The topological polar surface area (TPSA) is 238 Å². The van der Waals surface area contributed by atoms with E-state index in [2.05, 4.69) is 79.2 Å². The third-order valence-electron chi connectivity index (χ3n) is 14.8. The third kappa shape index (κ3) is 25.8. The summed E-state index contributed by atoms with van der Waals surface area (Å²) in [5, 5.41) is -6.20. The predicted molar refractivity (Wildman–Crippen MR) is 343 cm³/mol. The molecule has 2 aliphatic rings. The maximum Gasteiger partial charge on any atom is 0.422 e. The number of hydrogen-bond acceptors (Lipinski definition) is 20. The largest absolute Gasteiger partial charge is 0.493 e. The molecule has 0 fully saturated rings. The van der Waals surface area contributed by atoms with Crippen LogP contribution in [-0.2, 0) is 0 Å². The molecule has 59 heteroatoms. The van der Waals surface area contributed by atoms with Gasteiger partial charge in [-0.3, -0.25) is 0 Å². The summed E-state index contributed by atoms with van der Waals surface area (Å²) in [6.07, 6.45) is -71.9. The van der Waals surface area contributed by atoms with Gasteiger partial charge in [-0.05, 0) is 34.8 Å². The standard InChI is InChI=1S/C64H45BrF36N8O14/c1-3-5-7-110-23-9-22(65)32(111-8-6-4-2)25-24(23)45-102-46(25)104-48-28-29(36(115-13-56(75,76)77)42(121-19-62(93,94)95)41(120-18-61(90,91)92)35(28)114-12-55(72,73)74)50(106-48)108-52-31-30(37(116-14-57(78,79)80)43(122-20-63(96,97)98)44(123-21-64(99,100)101)38(31)117-15-58(81,82)83)51(109-52)107-49-27-26(47(103-45)105-49)33(112-10-53(66,67)68)39(118-16-59(84,85)86)40(119-17-60(87,88)89)34(27)113-11-54(69,70)71/h9H,3-8,10-21H2,1-2H3,(H2,102,103,104,105,106,107,108,109). The van der Waals surface area contributed by atoms with E-state index in [0.717, 1.165) is 6.07 Å². The van der Waals surface area contributed by atoms with Crippen molar-refractivity contribution in [1.29, 1.82) is 0 Å². The molecule has 0 atom stereocenters. The lowest BCUT2D eigenvalue weighted by Gasteiger charge is -2.24. The highest BCUT2D eigenvalue weighted by molar-refractivity contribution is 9.10. The van der Waals surface area contributed by atoms with Gasteiger partial charge in [0, 0.05) is 0 Å². The van der Waals surface area contributed by atoms with Crippen molar-refractivity contribution in [2.45, 2.75) is 114 Å². The molecule has 2 N–H and O–H groups in total. The average Bonchev–Trinajstić information content (AvgIpc) is 1.56. The number of nitrogens with one attached hydrogen (secondary N) is 2. The zero-order valence-electron chi connectivity index (χ0n) is 60.2. The minimum Gasteiger partial charge on any atom is -0.493 e. The van der Waals surface area contributed by atoms with Gasteiger partial charge < -0.3 is 76.3 Å². The summed E-state index contributed by atoms with van der Waals surface area (Å²) >= 11 is 3.16. The smallest absolute Gasteiger partial charge is 0.422 e. The zero-order chi connectivity index (χ0) is 91.9. The number of aromatic amines is 2. The molecule has 0 amide bonds. The van der Waals surface area contributed by atoms with Crippen molar-refractivity contribution < 1.29 is 224 Å². The minimum atomic E-state index is -6.10. The van der Waals surface area contributed by atoms with Crippen LogP contribution in [0.15, 0.2) is 10.5 Å². The second-order valence-electron chi connectivity index (χ2n) is 25.0. The highest BCUT2D eigenvalue weighted by Gasteiger charge is 2.48. The first kappa shape index (κ1) is 96.2. The van der Waals surface area contributed by atoms with Crippen molar-refractivity contribution in [2.75, 3.05) is 92.5 Å². The quantitative estimate of drug-likeness (QED) is 0.0294. The molecule has 0 saturated heterocycles. The maximum absolute atomic E-state index is 14.8. The molecule has 123 heavy (non-hydrogen) atoms. The normalized spacial score (nSPS) is 13.4. The van der Waals surface area contributed by atoms with E-state index in [-0.39, 0.29) is 25.7 Å². The van der Waals surface area contributed by atoms with Gasteiger partial charge >= 0.3 is 74.1 Å². The Morgan fingerprint density at radius 3 is 0.642 bits per heavy atom. The maximum atomic E-state index is 14.8. The van der Waals surface area contributed by atoms with Crippen LogP contribution < -0.4 is 66.3 Å². The van der Waals surface area contributed by atoms with Crippen molar-refractivity contribution in [3.63, 3.8) is 0 Å². The summed E-state index contributed by atoms with van der Waals surface area (Å²) in [6, 6.07) is 0.905. The van der Waals surface area contributed by atoms with Crippen LogP contribution in [0.1, 0.15) is 39.5 Å². The lowest BCUT2D eigenvalue weighted by molar-refractivity contribution is -0.162. The van der Waals surface area contributed by atoms with E-state index in [9.17, 15) is 158 Å². The lowest BCUT2D eigenvalue weighted by Crippen LogP contribution is -2.25. The van der Waals surface area contributed by atoms with Crippen molar-refractivity contribution >= 4 is 60.1 Å². The van der Waals surface area contributed by atoms with E-state index in [0.29, 0.717) is 0 Å². The van der Waals surface area contributed by atoms with Crippen LogP contribution >= 0.6 is 15.9 Å². The molecule has 2 aliphatic heterocycles. The molecule has 22 nitrogen and oxygen atoms in total.